The molecule has 116 valence electrons. The Hall–Kier alpha value is -1.35. The molecule has 0 bridgehead atoms. The summed E-state index contributed by atoms with van der Waals surface area (Å²) in [5.74, 6) is -0.616. The summed E-state index contributed by atoms with van der Waals surface area (Å²) in [6.07, 6.45) is 3.52. The van der Waals surface area contributed by atoms with E-state index in [1.165, 1.54) is 16.7 Å². The molecule has 3 nitrogen and oxygen atoms in total. The van der Waals surface area contributed by atoms with Crippen molar-refractivity contribution in [2.24, 2.45) is 5.41 Å². The van der Waals surface area contributed by atoms with Crippen LogP contribution in [-0.4, -0.2) is 29.1 Å². The molecule has 1 aliphatic rings. The molecule has 1 aliphatic heterocycles. The Bertz CT molecular complexity index is 488. The number of aliphatic carboxylic acids is 1. The van der Waals surface area contributed by atoms with E-state index < -0.39 is 11.4 Å². The van der Waals surface area contributed by atoms with Gasteiger partial charge in [-0.25, -0.2) is 0 Å². The van der Waals surface area contributed by atoms with Crippen LogP contribution in [0.4, 0.5) is 0 Å². The summed E-state index contributed by atoms with van der Waals surface area (Å²) in [6.45, 7) is 8.86. The monoisotopic (exact) mass is 289 g/mol. The van der Waals surface area contributed by atoms with Gasteiger partial charge >= 0.3 is 5.97 Å². The average molecular weight is 289 g/mol. The molecular weight excluding hydrogens is 262 g/mol. The van der Waals surface area contributed by atoms with E-state index in [-0.39, 0.29) is 0 Å². The summed E-state index contributed by atoms with van der Waals surface area (Å²) in [6, 6.07) is 6.60. The Morgan fingerprint density at radius 1 is 1.29 bits per heavy atom. The molecule has 1 N–H and O–H groups in total. The highest BCUT2D eigenvalue weighted by atomic mass is 16.4. The number of hydrogen-bond acceptors (Lipinski definition) is 2. The van der Waals surface area contributed by atoms with Crippen LogP contribution in [0.1, 0.15) is 49.3 Å². The Labute approximate surface area is 128 Å². The highest BCUT2D eigenvalue weighted by molar-refractivity contribution is 5.75. The summed E-state index contributed by atoms with van der Waals surface area (Å²) in [7, 11) is 0. The van der Waals surface area contributed by atoms with Gasteiger partial charge in [-0.1, -0.05) is 42.7 Å². The SMILES string of the molecule is CCCC1(C(=O)O)CCCN(Cc2cc(C)cc(C)c2)C1. The number of likely N-dealkylation sites (tertiary alicyclic amines) is 1. The predicted molar refractivity (Wildman–Crippen MR) is 85.4 cm³/mol. The second-order valence-electron chi connectivity index (χ2n) is 6.65. The fraction of sp³-hybridized carbons (Fsp3) is 0.611. The summed E-state index contributed by atoms with van der Waals surface area (Å²) in [4.78, 5) is 14.1. The summed E-state index contributed by atoms with van der Waals surface area (Å²) in [5.41, 5.74) is 3.32. The van der Waals surface area contributed by atoms with E-state index in [0.717, 1.165) is 38.8 Å². The van der Waals surface area contributed by atoms with Crippen molar-refractivity contribution in [3.8, 4) is 0 Å². The molecule has 1 unspecified atom stereocenters. The molecule has 1 aromatic carbocycles. The third-order valence-corrected chi connectivity index (χ3v) is 4.53. The smallest absolute Gasteiger partial charge is 0.310 e. The van der Waals surface area contributed by atoms with Crippen molar-refractivity contribution in [2.75, 3.05) is 13.1 Å². The highest BCUT2D eigenvalue weighted by Gasteiger charge is 2.41. The maximum Gasteiger partial charge on any atom is 0.310 e. The average Bonchev–Trinajstić information content (AvgIpc) is 2.37. The fourth-order valence-electron chi connectivity index (χ4n) is 3.74. The van der Waals surface area contributed by atoms with Crippen molar-refractivity contribution < 1.29 is 9.90 Å². The molecule has 2 rings (SSSR count). The first-order chi connectivity index (χ1) is 9.95. The lowest BCUT2D eigenvalue weighted by Crippen LogP contribution is -2.47. The lowest BCUT2D eigenvalue weighted by Gasteiger charge is -2.40. The van der Waals surface area contributed by atoms with Crippen molar-refractivity contribution in [2.45, 2.75) is 53.0 Å². The predicted octanol–water partition coefficient (Wildman–Crippen LogP) is 3.77. The number of carboxylic acid groups (broad SMARTS) is 1. The Kier molecular flexibility index (Phi) is 5.04. The summed E-state index contributed by atoms with van der Waals surface area (Å²) in [5, 5.41) is 9.67. The minimum Gasteiger partial charge on any atom is -0.481 e. The topological polar surface area (TPSA) is 40.5 Å². The normalized spacial score (nSPS) is 23.2. The van der Waals surface area contributed by atoms with Gasteiger partial charge in [0.1, 0.15) is 0 Å². The van der Waals surface area contributed by atoms with Crippen LogP contribution in [0.5, 0.6) is 0 Å². The van der Waals surface area contributed by atoms with Gasteiger partial charge in [0.05, 0.1) is 5.41 Å². The van der Waals surface area contributed by atoms with Crippen molar-refractivity contribution in [1.82, 2.24) is 4.90 Å². The number of nitrogens with zero attached hydrogens (tertiary/aromatic N) is 1. The number of benzene rings is 1. The molecule has 1 atom stereocenters. The van der Waals surface area contributed by atoms with Crippen molar-refractivity contribution >= 4 is 5.97 Å². The Morgan fingerprint density at radius 3 is 2.52 bits per heavy atom. The van der Waals surface area contributed by atoms with Crippen molar-refractivity contribution in [3.05, 3.63) is 34.9 Å². The van der Waals surface area contributed by atoms with Gasteiger partial charge in [-0.2, -0.15) is 0 Å². The molecule has 0 radical (unpaired) electrons. The molecule has 0 aliphatic carbocycles. The Morgan fingerprint density at radius 2 is 1.95 bits per heavy atom. The van der Waals surface area contributed by atoms with E-state index >= 15 is 0 Å². The van der Waals surface area contributed by atoms with Gasteiger partial charge < -0.3 is 5.11 Å². The van der Waals surface area contributed by atoms with Crippen LogP contribution in [-0.2, 0) is 11.3 Å². The van der Waals surface area contributed by atoms with E-state index in [2.05, 4.69) is 43.9 Å². The van der Waals surface area contributed by atoms with E-state index in [9.17, 15) is 9.90 Å². The molecule has 3 heteroatoms. The van der Waals surface area contributed by atoms with Gasteiger partial charge in [0.25, 0.3) is 0 Å². The van der Waals surface area contributed by atoms with Crippen LogP contribution in [0, 0.1) is 19.3 Å². The van der Waals surface area contributed by atoms with Crippen molar-refractivity contribution in [1.29, 1.82) is 0 Å². The van der Waals surface area contributed by atoms with E-state index in [1.54, 1.807) is 0 Å². The van der Waals surface area contributed by atoms with Gasteiger partial charge in [0, 0.05) is 13.1 Å². The maximum absolute atomic E-state index is 11.7. The van der Waals surface area contributed by atoms with E-state index in [4.69, 9.17) is 0 Å². The molecule has 1 heterocycles. The van der Waals surface area contributed by atoms with Crippen LogP contribution in [0.25, 0.3) is 0 Å². The zero-order valence-corrected chi connectivity index (χ0v) is 13.5. The molecule has 21 heavy (non-hydrogen) atoms. The van der Waals surface area contributed by atoms with Crippen molar-refractivity contribution in [3.63, 3.8) is 0 Å². The number of rotatable bonds is 5. The van der Waals surface area contributed by atoms with E-state index in [0.29, 0.717) is 6.54 Å². The maximum atomic E-state index is 11.7. The van der Waals surface area contributed by atoms with Gasteiger partial charge in [0.2, 0.25) is 0 Å². The third kappa shape index (κ3) is 3.85. The Balaban J connectivity index is 2.11. The number of carbonyl (C=O) groups is 1. The lowest BCUT2D eigenvalue weighted by molar-refractivity contribution is -0.153. The lowest BCUT2D eigenvalue weighted by atomic mass is 9.76. The molecule has 0 amide bonds. The summed E-state index contributed by atoms with van der Waals surface area (Å²) >= 11 is 0. The first-order valence-electron chi connectivity index (χ1n) is 7.98. The number of aryl methyl sites for hydroxylation is 2. The summed E-state index contributed by atoms with van der Waals surface area (Å²) < 4.78 is 0. The first-order valence-corrected chi connectivity index (χ1v) is 7.98. The van der Waals surface area contributed by atoms with E-state index in [1.807, 2.05) is 0 Å². The quantitative estimate of drug-likeness (QED) is 0.897. The number of piperidine rings is 1. The largest absolute Gasteiger partial charge is 0.481 e. The van der Waals surface area contributed by atoms with Gasteiger partial charge in [-0.05, 0) is 45.2 Å². The molecule has 1 saturated heterocycles. The minimum absolute atomic E-state index is 0.536. The second-order valence-corrected chi connectivity index (χ2v) is 6.65. The standard InChI is InChI=1S/C18H27NO2/c1-4-6-18(17(20)21)7-5-8-19(13-18)12-16-10-14(2)9-15(3)11-16/h9-11H,4-8,12-13H2,1-3H3,(H,20,21). The molecule has 0 aromatic heterocycles. The molecular formula is C18H27NO2. The van der Waals surface area contributed by atoms with Crippen LogP contribution in [0.3, 0.4) is 0 Å². The second kappa shape index (κ2) is 6.61. The van der Waals surface area contributed by atoms with Gasteiger partial charge in [-0.3, -0.25) is 9.69 Å². The third-order valence-electron chi connectivity index (χ3n) is 4.53. The molecule has 1 aromatic rings. The van der Waals surface area contributed by atoms with Gasteiger partial charge in [-0.15, -0.1) is 0 Å². The number of hydrogen-bond donors (Lipinski definition) is 1. The fourth-order valence-corrected chi connectivity index (χ4v) is 3.74. The highest BCUT2D eigenvalue weighted by Crippen LogP contribution is 2.35. The van der Waals surface area contributed by atoms with Crippen LogP contribution >= 0.6 is 0 Å². The molecule has 1 fully saturated rings. The number of carboxylic acids is 1. The first kappa shape index (κ1) is 16.0. The van der Waals surface area contributed by atoms with Crippen LogP contribution in [0.15, 0.2) is 18.2 Å². The van der Waals surface area contributed by atoms with Crippen LogP contribution < -0.4 is 0 Å². The van der Waals surface area contributed by atoms with Gasteiger partial charge in [0.15, 0.2) is 0 Å². The zero-order chi connectivity index (χ0) is 15.5. The molecule has 0 saturated carbocycles. The zero-order valence-electron chi connectivity index (χ0n) is 13.5. The van der Waals surface area contributed by atoms with Crippen LogP contribution in [0.2, 0.25) is 0 Å². The molecule has 0 spiro atoms. The minimum atomic E-state index is -0.616.